The Bertz CT molecular complexity index is 421. The molecular weight excluding hydrogens is 240 g/mol. The lowest BCUT2D eigenvalue weighted by atomic mass is 9.99. The summed E-state index contributed by atoms with van der Waals surface area (Å²) in [5.74, 6) is 0.944. The van der Waals surface area contributed by atoms with Crippen molar-refractivity contribution in [2.75, 3.05) is 19.7 Å². The van der Waals surface area contributed by atoms with Gasteiger partial charge in [0.05, 0.1) is 18.6 Å². The molecule has 1 aliphatic heterocycles. The van der Waals surface area contributed by atoms with Crippen LogP contribution in [-0.2, 0) is 4.79 Å². The monoisotopic (exact) mass is 262 g/mol. The van der Waals surface area contributed by atoms with Crippen LogP contribution < -0.4 is 10.5 Å². The minimum absolute atomic E-state index is 0.140. The molecule has 0 bridgehead atoms. The Hall–Kier alpha value is -1.55. The fourth-order valence-electron chi connectivity index (χ4n) is 2.57. The fourth-order valence-corrected chi connectivity index (χ4v) is 2.57. The van der Waals surface area contributed by atoms with Gasteiger partial charge < -0.3 is 15.4 Å². The van der Waals surface area contributed by atoms with E-state index in [0.717, 1.165) is 25.1 Å². The second-order valence-corrected chi connectivity index (χ2v) is 5.26. The molecule has 0 aliphatic carbocycles. The first-order valence-corrected chi connectivity index (χ1v) is 6.84. The Labute approximate surface area is 114 Å². The van der Waals surface area contributed by atoms with Crippen LogP contribution in [0.3, 0.4) is 0 Å². The number of ether oxygens (including phenoxy) is 1. The zero-order valence-electron chi connectivity index (χ0n) is 11.5. The smallest absolute Gasteiger partial charge is 0.226 e. The van der Waals surface area contributed by atoms with E-state index in [1.807, 2.05) is 35.2 Å². The van der Waals surface area contributed by atoms with Crippen molar-refractivity contribution in [3.8, 4) is 5.75 Å². The van der Waals surface area contributed by atoms with Gasteiger partial charge in [0.25, 0.3) is 0 Å². The lowest BCUT2D eigenvalue weighted by Crippen LogP contribution is -2.50. The van der Waals surface area contributed by atoms with E-state index in [1.165, 1.54) is 0 Å². The first kappa shape index (κ1) is 13.9. The van der Waals surface area contributed by atoms with Gasteiger partial charge in [0.2, 0.25) is 5.91 Å². The predicted octanol–water partition coefficient (Wildman–Crippen LogP) is 1.80. The van der Waals surface area contributed by atoms with E-state index in [2.05, 4.69) is 6.92 Å². The molecule has 1 amide bonds. The quantitative estimate of drug-likeness (QED) is 0.880. The number of likely N-dealkylation sites (tertiary alicyclic amines) is 1. The summed E-state index contributed by atoms with van der Waals surface area (Å²) in [6.45, 7) is 3.83. The molecule has 1 atom stereocenters. The average Bonchev–Trinajstić information content (AvgIpc) is 2.83. The van der Waals surface area contributed by atoms with Crippen LogP contribution in [0.2, 0.25) is 0 Å². The van der Waals surface area contributed by atoms with Crippen LogP contribution in [0.4, 0.5) is 0 Å². The third-order valence-electron chi connectivity index (χ3n) is 3.82. The van der Waals surface area contributed by atoms with Crippen LogP contribution in [0.5, 0.6) is 5.75 Å². The molecule has 104 valence electrons. The molecule has 1 heterocycles. The van der Waals surface area contributed by atoms with Crippen molar-refractivity contribution in [1.29, 1.82) is 0 Å². The molecule has 4 nitrogen and oxygen atoms in total. The number of nitrogens with zero attached hydrogens (tertiary/aromatic N) is 1. The van der Waals surface area contributed by atoms with Gasteiger partial charge in [-0.1, -0.05) is 18.2 Å². The SMILES string of the molecule is CC1(CN)CCCN1C(=O)CCOc1ccccc1. The number of hydrogen-bond acceptors (Lipinski definition) is 3. The summed E-state index contributed by atoms with van der Waals surface area (Å²) in [5.41, 5.74) is 5.63. The van der Waals surface area contributed by atoms with Crippen LogP contribution in [0.1, 0.15) is 26.2 Å². The number of nitrogens with two attached hydrogens (primary N) is 1. The summed E-state index contributed by atoms with van der Waals surface area (Å²) >= 11 is 0. The maximum Gasteiger partial charge on any atom is 0.226 e. The summed E-state index contributed by atoms with van der Waals surface area (Å²) in [7, 11) is 0. The van der Waals surface area contributed by atoms with Gasteiger partial charge in [0.1, 0.15) is 5.75 Å². The number of benzene rings is 1. The molecule has 2 rings (SSSR count). The summed E-state index contributed by atoms with van der Waals surface area (Å²) in [5, 5.41) is 0. The van der Waals surface area contributed by atoms with Crippen LogP contribution in [-0.4, -0.2) is 36.0 Å². The highest BCUT2D eigenvalue weighted by Crippen LogP contribution is 2.28. The molecule has 19 heavy (non-hydrogen) atoms. The van der Waals surface area contributed by atoms with Crippen molar-refractivity contribution in [3.63, 3.8) is 0 Å². The van der Waals surface area contributed by atoms with Gasteiger partial charge in [0.15, 0.2) is 0 Å². The molecule has 1 aliphatic rings. The average molecular weight is 262 g/mol. The predicted molar refractivity (Wildman–Crippen MR) is 75.0 cm³/mol. The fraction of sp³-hybridized carbons (Fsp3) is 0.533. The number of carbonyl (C=O) groups is 1. The molecule has 1 aromatic carbocycles. The summed E-state index contributed by atoms with van der Waals surface area (Å²) in [6, 6.07) is 9.57. The van der Waals surface area contributed by atoms with E-state index in [4.69, 9.17) is 10.5 Å². The molecule has 1 aromatic rings. The summed E-state index contributed by atoms with van der Waals surface area (Å²) in [4.78, 5) is 14.1. The Balaban J connectivity index is 1.82. The molecule has 1 unspecified atom stereocenters. The zero-order chi connectivity index (χ0) is 13.7. The minimum atomic E-state index is -0.163. The van der Waals surface area contributed by atoms with E-state index >= 15 is 0 Å². The molecule has 0 aromatic heterocycles. The Morgan fingerprint density at radius 3 is 2.84 bits per heavy atom. The minimum Gasteiger partial charge on any atom is -0.493 e. The largest absolute Gasteiger partial charge is 0.493 e. The lowest BCUT2D eigenvalue weighted by Gasteiger charge is -2.34. The molecule has 2 N–H and O–H groups in total. The second-order valence-electron chi connectivity index (χ2n) is 5.26. The first-order chi connectivity index (χ1) is 9.15. The van der Waals surface area contributed by atoms with E-state index in [9.17, 15) is 4.79 Å². The van der Waals surface area contributed by atoms with Crippen molar-refractivity contribution in [2.45, 2.75) is 31.7 Å². The van der Waals surface area contributed by atoms with Crippen molar-refractivity contribution in [2.24, 2.45) is 5.73 Å². The second kappa shape index (κ2) is 6.06. The van der Waals surface area contributed by atoms with Crippen LogP contribution in [0.25, 0.3) is 0 Å². The van der Waals surface area contributed by atoms with Gasteiger partial charge in [-0.3, -0.25) is 4.79 Å². The lowest BCUT2D eigenvalue weighted by molar-refractivity contribution is -0.135. The van der Waals surface area contributed by atoms with Crippen molar-refractivity contribution in [3.05, 3.63) is 30.3 Å². The van der Waals surface area contributed by atoms with E-state index in [0.29, 0.717) is 19.6 Å². The summed E-state index contributed by atoms with van der Waals surface area (Å²) < 4.78 is 5.56. The Morgan fingerprint density at radius 2 is 2.16 bits per heavy atom. The molecule has 4 heteroatoms. The highest BCUT2D eigenvalue weighted by atomic mass is 16.5. The summed E-state index contributed by atoms with van der Waals surface area (Å²) in [6.07, 6.45) is 2.44. The molecule has 1 saturated heterocycles. The van der Waals surface area contributed by atoms with E-state index < -0.39 is 0 Å². The Morgan fingerprint density at radius 1 is 1.42 bits per heavy atom. The van der Waals surface area contributed by atoms with Crippen molar-refractivity contribution in [1.82, 2.24) is 4.90 Å². The van der Waals surface area contributed by atoms with Crippen molar-refractivity contribution >= 4 is 5.91 Å². The standard InChI is InChI=1S/C15H22N2O2/c1-15(12-16)9-5-10-17(15)14(18)8-11-19-13-6-3-2-4-7-13/h2-4,6-7H,5,8-12,16H2,1H3. The van der Waals surface area contributed by atoms with Gasteiger partial charge in [-0.05, 0) is 31.9 Å². The maximum absolute atomic E-state index is 12.2. The maximum atomic E-state index is 12.2. The highest BCUT2D eigenvalue weighted by Gasteiger charge is 2.37. The number of para-hydroxylation sites is 1. The normalized spacial score (nSPS) is 22.5. The molecule has 0 saturated carbocycles. The third-order valence-corrected chi connectivity index (χ3v) is 3.82. The van der Waals surface area contributed by atoms with Gasteiger partial charge in [0, 0.05) is 13.1 Å². The van der Waals surface area contributed by atoms with Gasteiger partial charge in [-0.15, -0.1) is 0 Å². The van der Waals surface area contributed by atoms with E-state index in [1.54, 1.807) is 0 Å². The van der Waals surface area contributed by atoms with Gasteiger partial charge >= 0.3 is 0 Å². The topological polar surface area (TPSA) is 55.6 Å². The number of carbonyl (C=O) groups excluding carboxylic acids is 1. The first-order valence-electron chi connectivity index (χ1n) is 6.84. The number of amides is 1. The zero-order valence-corrected chi connectivity index (χ0v) is 11.5. The van der Waals surface area contributed by atoms with Gasteiger partial charge in [-0.25, -0.2) is 0 Å². The van der Waals surface area contributed by atoms with Crippen LogP contribution in [0, 0.1) is 0 Å². The molecular formula is C15H22N2O2. The van der Waals surface area contributed by atoms with E-state index in [-0.39, 0.29) is 11.4 Å². The number of rotatable bonds is 5. The molecule has 0 radical (unpaired) electrons. The Kier molecular flexibility index (Phi) is 4.43. The van der Waals surface area contributed by atoms with Crippen LogP contribution >= 0.6 is 0 Å². The molecule has 0 spiro atoms. The van der Waals surface area contributed by atoms with Gasteiger partial charge in [-0.2, -0.15) is 0 Å². The van der Waals surface area contributed by atoms with Crippen LogP contribution in [0.15, 0.2) is 30.3 Å². The molecule has 1 fully saturated rings. The van der Waals surface area contributed by atoms with Crippen molar-refractivity contribution < 1.29 is 9.53 Å². The third kappa shape index (κ3) is 3.26. The number of hydrogen-bond donors (Lipinski definition) is 1. The highest BCUT2D eigenvalue weighted by molar-refractivity contribution is 5.77.